The van der Waals surface area contributed by atoms with Crippen molar-refractivity contribution in [3.63, 3.8) is 0 Å². The Balaban J connectivity index is 1.35. The SMILES string of the molecule is CC(NCCc1ccccn1)C12CC3CC(CC(C3)C1)C2. The van der Waals surface area contributed by atoms with Gasteiger partial charge in [0.05, 0.1) is 0 Å². The fourth-order valence-electron chi connectivity index (χ4n) is 5.89. The van der Waals surface area contributed by atoms with Gasteiger partial charge in [0.2, 0.25) is 0 Å². The first kappa shape index (κ1) is 13.8. The Morgan fingerprint density at radius 2 is 1.81 bits per heavy atom. The van der Waals surface area contributed by atoms with E-state index in [1.165, 1.54) is 25.0 Å². The van der Waals surface area contributed by atoms with Crippen molar-refractivity contribution < 1.29 is 0 Å². The van der Waals surface area contributed by atoms with Gasteiger partial charge < -0.3 is 5.32 Å². The highest BCUT2D eigenvalue weighted by molar-refractivity contribution is 5.06. The number of hydrogen-bond donors (Lipinski definition) is 1. The van der Waals surface area contributed by atoms with Crippen LogP contribution in [0.25, 0.3) is 0 Å². The van der Waals surface area contributed by atoms with E-state index in [1.54, 1.807) is 19.3 Å². The quantitative estimate of drug-likeness (QED) is 0.889. The zero-order chi connectivity index (χ0) is 14.3. The first-order valence-corrected chi connectivity index (χ1v) is 8.87. The second-order valence-electron chi connectivity index (χ2n) is 8.03. The summed E-state index contributed by atoms with van der Waals surface area (Å²) in [4.78, 5) is 4.43. The largest absolute Gasteiger partial charge is 0.313 e. The molecule has 4 saturated carbocycles. The van der Waals surface area contributed by atoms with E-state index < -0.39 is 0 Å². The fourth-order valence-corrected chi connectivity index (χ4v) is 5.89. The van der Waals surface area contributed by atoms with Crippen molar-refractivity contribution in [1.82, 2.24) is 10.3 Å². The minimum Gasteiger partial charge on any atom is -0.313 e. The van der Waals surface area contributed by atoms with Crippen LogP contribution in [0.3, 0.4) is 0 Å². The lowest BCUT2D eigenvalue weighted by atomic mass is 9.48. The summed E-state index contributed by atoms with van der Waals surface area (Å²) in [7, 11) is 0. The summed E-state index contributed by atoms with van der Waals surface area (Å²) in [5.74, 6) is 3.16. The van der Waals surface area contributed by atoms with Crippen LogP contribution in [0.2, 0.25) is 0 Å². The van der Waals surface area contributed by atoms with E-state index in [0.717, 1.165) is 30.7 Å². The predicted octanol–water partition coefficient (Wildman–Crippen LogP) is 3.82. The Hall–Kier alpha value is -0.890. The van der Waals surface area contributed by atoms with Gasteiger partial charge in [0, 0.05) is 30.9 Å². The highest BCUT2D eigenvalue weighted by Crippen LogP contribution is 2.61. The third-order valence-electron chi connectivity index (χ3n) is 6.56. The van der Waals surface area contributed by atoms with E-state index in [0.29, 0.717) is 11.5 Å². The molecule has 1 aromatic heterocycles. The van der Waals surface area contributed by atoms with E-state index in [-0.39, 0.29) is 0 Å². The summed E-state index contributed by atoms with van der Waals surface area (Å²) in [6, 6.07) is 6.89. The zero-order valence-corrected chi connectivity index (χ0v) is 13.2. The van der Waals surface area contributed by atoms with Gasteiger partial charge >= 0.3 is 0 Å². The van der Waals surface area contributed by atoms with Gasteiger partial charge in [-0.3, -0.25) is 4.98 Å². The molecule has 0 radical (unpaired) electrons. The van der Waals surface area contributed by atoms with Gasteiger partial charge in [-0.2, -0.15) is 0 Å². The van der Waals surface area contributed by atoms with Crippen LogP contribution in [0, 0.1) is 23.2 Å². The predicted molar refractivity (Wildman–Crippen MR) is 86.0 cm³/mol. The summed E-state index contributed by atoms with van der Waals surface area (Å²) in [6.07, 6.45) is 12.1. The van der Waals surface area contributed by atoms with E-state index in [1.807, 2.05) is 12.3 Å². The maximum absolute atomic E-state index is 4.43. The highest BCUT2D eigenvalue weighted by Gasteiger charge is 2.52. The molecular formula is C19H28N2. The van der Waals surface area contributed by atoms with Crippen molar-refractivity contribution in [3.05, 3.63) is 30.1 Å². The van der Waals surface area contributed by atoms with Crippen LogP contribution in [0.5, 0.6) is 0 Å². The number of aromatic nitrogens is 1. The number of hydrogen-bond acceptors (Lipinski definition) is 2. The van der Waals surface area contributed by atoms with Crippen LogP contribution >= 0.6 is 0 Å². The van der Waals surface area contributed by atoms with Crippen molar-refractivity contribution in [3.8, 4) is 0 Å². The van der Waals surface area contributed by atoms with Gasteiger partial charge in [0.1, 0.15) is 0 Å². The van der Waals surface area contributed by atoms with Gasteiger partial charge in [0.15, 0.2) is 0 Å². The molecule has 2 nitrogen and oxygen atoms in total. The lowest BCUT2D eigenvalue weighted by Crippen LogP contribution is -2.55. The Morgan fingerprint density at radius 3 is 2.38 bits per heavy atom. The summed E-state index contributed by atoms with van der Waals surface area (Å²) in [6.45, 7) is 3.52. The van der Waals surface area contributed by atoms with Crippen molar-refractivity contribution in [2.45, 2.75) is 57.9 Å². The number of nitrogens with zero attached hydrogens (tertiary/aromatic N) is 1. The number of nitrogens with one attached hydrogen (secondary N) is 1. The van der Waals surface area contributed by atoms with E-state index in [2.05, 4.69) is 29.4 Å². The minimum absolute atomic E-state index is 0.624. The minimum atomic E-state index is 0.624. The molecule has 0 spiro atoms. The lowest BCUT2D eigenvalue weighted by Gasteiger charge is -2.59. The van der Waals surface area contributed by atoms with Crippen LogP contribution in [0.15, 0.2) is 24.4 Å². The van der Waals surface area contributed by atoms with Crippen LogP contribution in [-0.2, 0) is 6.42 Å². The average Bonchev–Trinajstić information content (AvgIpc) is 2.47. The molecule has 5 rings (SSSR count). The number of pyridine rings is 1. The molecule has 4 aliphatic rings. The monoisotopic (exact) mass is 284 g/mol. The summed E-state index contributed by atoms with van der Waals surface area (Å²) >= 11 is 0. The molecule has 21 heavy (non-hydrogen) atoms. The summed E-state index contributed by atoms with van der Waals surface area (Å²) in [5.41, 5.74) is 1.83. The molecule has 0 amide bonds. The zero-order valence-electron chi connectivity index (χ0n) is 13.2. The summed E-state index contributed by atoms with van der Waals surface area (Å²) in [5, 5.41) is 3.85. The van der Waals surface area contributed by atoms with Crippen LogP contribution in [0.4, 0.5) is 0 Å². The molecule has 0 aromatic carbocycles. The molecule has 1 N–H and O–H groups in total. The van der Waals surface area contributed by atoms with Gasteiger partial charge in [-0.1, -0.05) is 6.07 Å². The molecule has 4 fully saturated rings. The standard InChI is InChI=1S/C19H28N2/c1-14(20-7-5-18-4-2-3-6-21-18)19-11-15-8-16(12-19)10-17(9-15)13-19/h2-4,6,14-17,20H,5,7-13H2,1H3. The van der Waals surface area contributed by atoms with Crippen LogP contribution in [0.1, 0.15) is 51.1 Å². The average molecular weight is 284 g/mol. The van der Waals surface area contributed by atoms with Crippen molar-refractivity contribution in [2.75, 3.05) is 6.54 Å². The van der Waals surface area contributed by atoms with Gasteiger partial charge in [-0.05, 0) is 80.8 Å². The highest BCUT2D eigenvalue weighted by atomic mass is 14.9. The maximum atomic E-state index is 4.43. The molecule has 0 saturated heterocycles. The molecule has 1 atom stereocenters. The molecule has 1 aromatic rings. The molecule has 1 unspecified atom stereocenters. The third kappa shape index (κ3) is 2.63. The molecule has 4 bridgehead atoms. The van der Waals surface area contributed by atoms with Crippen molar-refractivity contribution in [1.29, 1.82) is 0 Å². The second kappa shape index (κ2) is 5.39. The van der Waals surface area contributed by atoms with E-state index >= 15 is 0 Å². The Morgan fingerprint density at radius 1 is 1.14 bits per heavy atom. The molecule has 0 aliphatic heterocycles. The molecule has 4 aliphatic carbocycles. The smallest absolute Gasteiger partial charge is 0.0416 e. The van der Waals surface area contributed by atoms with E-state index in [4.69, 9.17) is 0 Å². The summed E-state index contributed by atoms with van der Waals surface area (Å²) < 4.78 is 0. The van der Waals surface area contributed by atoms with Crippen LogP contribution < -0.4 is 5.32 Å². The molecule has 114 valence electrons. The first-order chi connectivity index (χ1) is 10.2. The van der Waals surface area contributed by atoms with Gasteiger partial charge in [-0.25, -0.2) is 0 Å². The van der Waals surface area contributed by atoms with Gasteiger partial charge in [-0.15, -0.1) is 0 Å². The molecule has 1 heterocycles. The third-order valence-corrected chi connectivity index (χ3v) is 6.56. The van der Waals surface area contributed by atoms with Crippen LogP contribution in [-0.4, -0.2) is 17.6 Å². The Bertz CT molecular complexity index is 446. The molecular weight excluding hydrogens is 256 g/mol. The topological polar surface area (TPSA) is 24.9 Å². The van der Waals surface area contributed by atoms with E-state index in [9.17, 15) is 0 Å². The number of rotatable bonds is 5. The van der Waals surface area contributed by atoms with Crippen molar-refractivity contribution in [2.24, 2.45) is 23.2 Å². The first-order valence-electron chi connectivity index (χ1n) is 8.87. The van der Waals surface area contributed by atoms with Crippen molar-refractivity contribution >= 4 is 0 Å². The fraction of sp³-hybridized carbons (Fsp3) is 0.737. The maximum Gasteiger partial charge on any atom is 0.0416 e. The second-order valence-corrected chi connectivity index (χ2v) is 8.03. The molecule has 2 heteroatoms. The lowest BCUT2D eigenvalue weighted by molar-refractivity contribution is -0.0702. The Labute approximate surface area is 128 Å². The van der Waals surface area contributed by atoms with Gasteiger partial charge in [0.25, 0.3) is 0 Å². The Kier molecular flexibility index (Phi) is 3.53. The normalized spacial score (nSPS) is 38.6.